The van der Waals surface area contributed by atoms with Crippen LogP contribution >= 0.6 is 0 Å². The fourth-order valence-electron chi connectivity index (χ4n) is 2.40. The van der Waals surface area contributed by atoms with E-state index in [0.717, 1.165) is 17.3 Å². The molecule has 1 N–H and O–H groups in total. The van der Waals surface area contributed by atoms with Crippen LogP contribution in [0.3, 0.4) is 0 Å². The van der Waals surface area contributed by atoms with Gasteiger partial charge in [-0.05, 0) is 0 Å². The number of aryl methyl sites for hydroxylation is 3. The number of hydrogen-bond acceptors (Lipinski definition) is 2. The second kappa shape index (κ2) is 8.23. The van der Waals surface area contributed by atoms with E-state index >= 15 is 0 Å². The normalized spacial score (nSPS) is 14.1. The molecule has 0 radical (unpaired) electrons. The Morgan fingerprint density at radius 1 is 1.25 bits per heavy atom. The summed E-state index contributed by atoms with van der Waals surface area (Å²) in [5.41, 5.74) is 4.72. The Bertz CT molecular complexity index is 431. The van der Waals surface area contributed by atoms with E-state index in [4.69, 9.17) is 0 Å². The van der Waals surface area contributed by atoms with E-state index in [1.54, 1.807) is 0 Å². The third-order valence-corrected chi connectivity index (χ3v) is 4.00. The molecule has 0 fully saturated rings. The summed E-state index contributed by atoms with van der Waals surface area (Å²) in [4.78, 5) is 4.52. The molecule has 0 aliphatic heterocycles. The molecule has 0 saturated heterocycles. The van der Waals surface area contributed by atoms with Gasteiger partial charge in [-0.2, -0.15) is 0 Å². The Labute approximate surface area is 125 Å². The zero-order valence-electron chi connectivity index (χ0n) is 14.0. The molecule has 20 heavy (non-hydrogen) atoms. The molecule has 2 nitrogen and oxygen atoms in total. The maximum absolute atomic E-state index is 4.52. The molecule has 1 heterocycles. The van der Waals surface area contributed by atoms with E-state index in [0.29, 0.717) is 6.04 Å². The van der Waals surface area contributed by atoms with Crippen molar-refractivity contribution in [1.82, 2.24) is 10.2 Å². The molecule has 1 aromatic heterocycles. The van der Waals surface area contributed by atoms with Gasteiger partial charge in [0.05, 0.1) is 0 Å². The second-order valence-corrected chi connectivity index (χ2v) is 6.07. The van der Waals surface area contributed by atoms with Gasteiger partial charge >= 0.3 is 125 Å². The van der Waals surface area contributed by atoms with Crippen molar-refractivity contribution in [3.8, 4) is 0 Å². The Balaban J connectivity index is 2.53. The first-order chi connectivity index (χ1) is 9.43. The van der Waals surface area contributed by atoms with Gasteiger partial charge in [-0.3, -0.25) is 0 Å². The molecule has 0 aliphatic rings. The van der Waals surface area contributed by atoms with Gasteiger partial charge in [0.1, 0.15) is 0 Å². The SMILES string of the molecule is CCC(C)CC[C@@H](C)N/B=C\c1c(C)cc(C)nc1C. The van der Waals surface area contributed by atoms with Crippen molar-refractivity contribution in [3.63, 3.8) is 0 Å². The number of aromatic nitrogens is 1. The third-order valence-electron chi connectivity index (χ3n) is 4.00. The van der Waals surface area contributed by atoms with Crippen LogP contribution in [-0.2, 0) is 0 Å². The minimum atomic E-state index is 0.527. The molecule has 0 bridgehead atoms. The Morgan fingerprint density at radius 2 is 1.95 bits per heavy atom. The third kappa shape index (κ3) is 5.48. The van der Waals surface area contributed by atoms with Crippen LogP contribution in [0.2, 0.25) is 0 Å². The molecule has 3 heteroatoms. The van der Waals surface area contributed by atoms with Gasteiger partial charge in [-0.1, -0.05) is 0 Å². The van der Waals surface area contributed by atoms with E-state index in [-0.39, 0.29) is 0 Å². The summed E-state index contributed by atoms with van der Waals surface area (Å²) in [6.45, 7) is 13.1. The Kier molecular flexibility index (Phi) is 6.97. The van der Waals surface area contributed by atoms with Crippen molar-refractivity contribution in [3.05, 3.63) is 28.6 Å². The van der Waals surface area contributed by atoms with Gasteiger partial charge in [-0.15, -0.1) is 0 Å². The van der Waals surface area contributed by atoms with Gasteiger partial charge in [0.15, 0.2) is 0 Å². The van der Waals surface area contributed by atoms with Gasteiger partial charge < -0.3 is 0 Å². The molecule has 0 saturated carbocycles. The standard InChI is InChI=1S/C17H29BN2/c1-7-12(2)8-9-14(4)20-18-11-17-13(3)10-15(5)19-16(17)6/h10-12,14,20H,7-9H2,1-6H3/t12?,14-/m1/s1. The van der Waals surface area contributed by atoms with Crippen LogP contribution in [0.4, 0.5) is 0 Å². The van der Waals surface area contributed by atoms with Crippen LogP contribution < -0.4 is 5.23 Å². The summed E-state index contributed by atoms with van der Waals surface area (Å²) in [6, 6.07) is 2.67. The number of nitrogens with zero attached hydrogens (tertiary/aromatic N) is 1. The summed E-state index contributed by atoms with van der Waals surface area (Å²) in [6.07, 6.45) is 3.79. The zero-order chi connectivity index (χ0) is 15.1. The van der Waals surface area contributed by atoms with Crippen LogP contribution in [-0.4, -0.2) is 24.0 Å². The van der Waals surface area contributed by atoms with E-state index in [1.807, 2.05) is 6.92 Å². The fourth-order valence-corrected chi connectivity index (χ4v) is 2.40. The van der Waals surface area contributed by atoms with Crippen LogP contribution in [0.25, 0.3) is 0 Å². The molecule has 1 rings (SSSR count). The molecule has 0 aliphatic carbocycles. The van der Waals surface area contributed by atoms with E-state index in [1.165, 1.54) is 30.4 Å². The van der Waals surface area contributed by atoms with Gasteiger partial charge in [-0.25, -0.2) is 0 Å². The first kappa shape index (κ1) is 16.9. The summed E-state index contributed by atoms with van der Waals surface area (Å²) in [5, 5.41) is 3.47. The molecule has 1 unspecified atom stereocenters. The Hall–Kier alpha value is -1.12. The zero-order valence-corrected chi connectivity index (χ0v) is 14.0. The summed E-state index contributed by atoms with van der Waals surface area (Å²) < 4.78 is 0. The molecule has 0 spiro atoms. The van der Waals surface area contributed by atoms with Crippen molar-refractivity contribution in [2.45, 2.75) is 66.8 Å². The molecular formula is C17H29BN2. The quantitative estimate of drug-likeness (QED) is 0.767. The Morgan fingerprint density at radius 3 is 2.55 bits per heavy atom. The molecule has 2 atom stereocenters. The van der Waals surface area contributed by atoms with Gasteiger partial charge in [0.25, 0.3) is 0 Å². The van der Waals surface area contributed by atoms with E-state index in [2.05, 4.69) is 63.9 Å². The van der Waals surface area contributed by atoms with Gasteiger partial charge in [0, 0.05) is 0 Å². The average Bonchev–Trinajstić information content (AvgIpc) is 2.38. The fraction of sp³-hybridized carbons (Fsp3) is 0.647. The summed E-state index contributed by atoms with van der Waals surface area (Å²) in [7, 11) is 2.08. The van der Waals surface area contributed by atoms with Crippen molar-refractivity contribution in [1.29, 1.82) is 0 Å². The van der Waals surface area contributed by atoms with Crippen molar-refractivity contribution >= 4 is 13.0 Å². The van der Waals surface area contributed by atoms with Gasteiger partial charge in [0.2, 0.25) is 0 Å². The van der Waals surface area contributed by atoms with Crippen molar-refractivity contribution in [2.75, 3.05) is 0 Å². The summed E-state index contributed by atoms with van der Waals surface area (Å²) in [5.74, 6) is 2.98. The first-order valence-electron chi connectivity index (χ1n) is 7.81. The predicted molar refractivity (Wildman–Crippen MR) is 90.7 cm³/mol. The molecule has 1 aromatic rings. The monoisotopic (exact) mass is 272 g/mol. The first-order valence-corrected chi connectivity index (χ1v) is 7.81. The van der Waals surface area contributed by atoms with E-state index < -0.39 is 0 Å². The van der Waals surface area contributed by atoms with Crippen LogP contribution in [0, 0.1) is 26.7 Å². The maximum atomic E-state index is 4.52. The van der Waals surface area contributed by atoms with Crippen LogP contribution in [0.15, 0.2) is 6.07 Å². The van der Waals surface area contributed by atoms with Crippen LogP contribution in [0.1, 0.15) is 62.5 Å². The van der Waals surface area contributed by atoms with Crippen molar-refractivity contribution < 1.29 is 0 Å². The number of rotatable bonds is 7. The summed E-state index contributed by atoms with van der Waals surface area (Å²) >= 11 is 0. The molecule has 110 valence electrons. The second-order valence-electron chi connectivity index (χ2n) is 6.07. The molecule has 0 amide bonds. The molecular weight excluding hydrogens is 243 g/mol. The molecule has 0 aromatic carbocycles. The van der Waals surface area contributed by atoms with Crippen LogP contribution in [0.5, 0.6) is 0 Å². The van der Waals surface area contributed by atoms with E-state index in [9.17, 15) is 0 Å². The minimum absolute atomic E-state index is 0.527. The number of nitrogens with one attached hydrogen (secondary N) is 1. The average molecular weight is 272 g/mol. The predicted octanol–water partition coefficient (Wildman–Crippen LogP) is 3.58. The van der Waals surface area contributed by atoms with Crippen molar-refractivity contribution in [2.24, 2.45) is 5.92 Å². The topological polar surface area (TPSA) is 24.9 Å². The number of hydrogen-bond donors (Lipinski definition) is 1. The number of pyridine rings is 1.